The predicted octanol–water partition coefficient (Wildman–Crippen LogP) is 5.29. The van der Waals surface area contributed by atoms with E-state index in [2.05, 4.69) is 6.92 Å². The minimum Gasteiger partial charge on any atom is -0.490 e. The van der Waals surface area contributed by atoms with Gasteiger partial charge in [-0.25, -0.2) is 4.79 Å². The Morgan fingerprint density at radius 2 is 1.59 bits per heavy atom. The Kier molecular flexibility index (Phi) is 15.7. The highest BCUT2D eigenvalue weighted by molar-refractivity contribution is 5.91. The average molecular weight is 481 g/mol. The summed E-state index contributed by atoms with van der Waals surface area (Å²) in [5.41, 5.74) is 1.23. The fraction of sp³-hybridized carbons (Fsp3) is 0.741. The first kappa shape index (κ1) is 28.6. The van der Waals surface area contributed by atoms with Crippen molar-refractivity contribution in [2.75, 3.05) is 52.9 Å². The molecule has 1 heterocycles. The number of unbranched alkanes of at least 4 members (excludes halogenated alkanes) is 7. The molecule has 0 amide bonds. The summed E-state index contributed by atoms with van der Waals surface area (Å²) in [7, 11) is 0. The quantitative estimate of drug-likeness (QED) is 0.384. The highest BCUT2D eigenvalue weighted by Gasteiger charge is 2.16. The van der Waals surface area contributed by atoms with Crippen LogP contribution in [0.2, 0.25) is 0 Å². The van der Waals surface area contributed by atoms with Crippen molar-refractivity contribution in [2.24, 2.45) is 0 Å². The fourth-order valence-electron chi connectivity index (χ4n) is 3.89. The third kappa shape index (κ3) is 12.7. The molecule has 0 spiro atoms. The fourth-order valence-corrected chi connectivity index (χ4v) is 3.89. The van der Waals surface area contributed by atoms with Crippen molar-refractivity contribution >= 4 is 5.97 Å². The summed E-state index contributed by atoms with van der Waals surface area (Å²) in [5.74, 6) is -0.622. The van der Waals surface area contributed by atoms with Crippen LogP contribution in [0.15, 0.2) is 18.2 Å². The SMILES string of the molecule is CCCCCCCCCCc1ccc(OCC2COCCOCCCOCCO2)c(C(=O)O)c1. The van der Waals surface area contributed by atoms with Crippen LogP contribution < -0.4 is 4.74 Å². The Hall–Kier alpha value is -1.67. The van der Waals surface area contributed by atoms with Crippen molar-refractivity contribution in [1.82, 2.24) is 0 Å². The lowest BCUT2D eigenvalue weighted by Gasteiger charge is -2.19. The molecule has 2 rings (SSSR count). The monoisotopic (exact) mass is 480 g/mol. The first-order valence-corrected chi connectivity index (χ1v) is 13.0. The largest absolute Gasteiger partial charge is 0.490 e. The molecule has 7 heteroatoms. The first-order chi connectivity index (χ1) is 16.7. The van der Waals surface area contributed by atoms with Crippen LogP contribution in [0, 0.1) is 0 Å². The van der Waals surface area contributed by atoms with Crippen LogP contribution in [0.3, 0.4) is 0 Å². The molecular formula is C27H44O7. The first-order valence-electron chi connectivity index (χ1n) is 13.0. The third-order valence-electron chi connectivity index (χ3n) is 5.85. The maximum atomic E-state index is 11.8. The van der Waals surface area contributed by atoms with Crippen LogP contribution in [0.25, 0.3) is 0 Å². The minimum absolute atomic E-state index is 0.194. The van der Waals surface area contributed by atoms with Gasteiger partial charge in [0.1, 0.15) is 24.0 Å². The topological polar surface area (TPSA) is 83.5 Å². The number of aryl methyl sites for hydroxylation is 1. The molecule has 0 aromatic heterocycles. The van der Waals surface area contributed by atoms with Gasteiger partial charge in [-0.2, -0.15) is 0 Å². The Morgan fingerprint density at radius 1 is 0.912 bits per heavy atom. The van der Waals surface area contributed by atoms with Gasteiger partial charge in [0.05, 0.1) is 33.0 Å². The number of hydrogen-bond acceptors (Lipinski definition) is 6. The van der Waals surface area contributed by atoms with Crippen molar-refractivity contribution in [3.63, 3.8) is 0 Å². The van der Waals surface area contributed by atoms with Crippen LogP contribution >= 0.6 is 0 Å². The van der Waals surface area contributed by atoms with Gasteiger partial charge in [0.2, 0.25) is 0 Å². The Labute approximate surface area is 205 Å². The molecule has 1 aromatic carbocycles. The molecule has 194 valence electrons. The molecule has 0 bridgehead atoms. The number of hydrogen-bond donors (Lipinski definition) is 1. The summed E-state index contributed by atoms with van der Waals surface area (Å²) < 4.78 is 28.4. The van der Waals surface area contributed by atoms with Gasteiger partial charge in [-0.1, -0.05) is 57.9 Å². The molecule has 7 nitrogen and oxygen atoms in total. The molecule has 1 aliphatic heterocycles. The number of ether oxygens (including phenoxy) is 5. The second-order valence-electron chi connectivity index (χ2n) is 8.82. The smallest absolute Gasteiger partial charge is 0.339 e. The number of carboxylic acid groups (broad SMARTS) is 1. The molecule has 1 aromatic rings. The number of benzene rings is 1. The molecule has 1 saturated heterocycles. The van der Waals surface area contributed by atoms with Crippen molar-refractivity contribution < 1.29 is 33.6 Å². The van der Waals surface area contributed by atoms with Gasteiger partial charge in [0, 0.05) is 13.2 Å². The van der Waals surface area contributed by atoms with E-state index in [1.165, 1.54) is 44.9 Å². The van der Waals surface area contributed by atoms with E-state index in [0.717, 1.165) is 24.8 Å². The molecule has 34 heavy (non-hydrogen) atoms. The number of rotatable bonds is 13. The van der Waals surface area contributed by atoms with Gasteiger partial charge in [-0.3, -0.25) is 0 Å². The summed E-state index contributed by atoms with van der Waals surface area (Å²) in [6.45, 7) is 6.01. The van der Waals surface area contributed by atoms with Crippen LogP contribution in [0.1, 0.15) is 80.6 Å². The zero-order chi connectivity index (χ0) is 24.3. The van der Waals surface area contributed by atoms with Crippen molar-refractivity contribution in [3.05, 3.63) is 29.3 Å². The number of aromatic carboxylic acids is 1. The van der Waals surface area contributed by atoms with Gasteiger partial charge in [0.25, 0.3) is 0 Å². The van der Waals surface area contributed by atoms with E-state index in [4.69, 9.17) is 23.7 Å². The second-order valence-corrected chi connectivity index (χ2v) is 8.82. The molecule has 1 aliphatic rings. The van der Waals surface area contributed by atoms with Crippen LogP contribution in [-0.4, -0.2) is 70.0 Å². The Bertz CT molecular complexity index is 650. The normalized spacial score (nSPS) is 18.4. The lowest BCUT2D eigenvalue weighted by molar-refractivity contribution is -0.0567. The number of carboxylic acids is 1. The molecule has 1 N–H and O–H groups in total. The van der Waals surface area contributed by atoms with E-state index in [1.54, 1.807) is 12.1 Å². The lowest BCUT2D eigenvalue weighted by Crippen LogP contribution is -2.29. The van der Waals surface area contributed by atoms with E-state index in [0.29, 0.717) is 52.0 Å². The summed E-state index contributed by atoms with van der Waals surface area (Å²) in [4.78, 5) is 11.8. The zero-order valence-electron chi connectivity index (χ0n) is 20.9. The molecule has 1 unspecified atom stereocenters. The lowest BCUT2D eigenvalue weighted by atomic mass is 10.0. The third-order valence-corrected chi connectivity index (χ3v) is 5.85. The highest BCUT2D eigenvalue weighted by Crippen LogP contribution is 2.22. The van der Waals surface area contributed by atoms with Gasteiger partial charge in [0.15, 0.2) is 0 Å². The van der Waals surface area contributed by atoms with Gasteiger partial charge < -0.3 is 28.8 Å². The zero-order valence-corrected chi connectivity index (χ0v) is 20.9. The summed E-state index contributed by atoms with van der Waals surface area (Å²) >= 11 is 0. The standard InChI is InChI=1S/C27H44O7/c1-2-3-4-5-6-7-8-9-11-23-12-13-26(25(20-23)27(28)29)34-22-24-21-32-17-16-30-14-10-15-31-18-19-33-24/h12-13,20,24H,2-11,14-19,21-22H2,1H3,(H,28,29). The van der Waals surface area contributed by atoms with E-state index >= 15 is 0 Å². The van der Waals surface area contributed by atoms with Crippen LogP contribution in [0.5, 0.6) is 5.75 Å². The van der Waals surface area contributed by atoms with Crippen LogP contribution in [-0.2, 0) is 25.4 Å². The highest BCUT2D eigenvalue weighted by atomic mass is 16.6. The van der Waals surface area contributed by atoms with E-state index in [-0.39, 0.29) is 18.3 Å². The molecular weight excluding hydrogens is 436 g/mol. The summed E-state index contributed by atoms with van der Waals surface area (Å²) in [6.07, 6.45) is 11.5. The second kappa shape index (κ2) is 18.6. The molecule has 1 fully saturated rings. The molecule has 0 saturated carbocycles. The molecule has 1 atom stereocenters. The van der Waals surface area contributed by atoms with E-state index < -0.39 is 5.97 Å². The van der Waals surface area contributed by atoms with Gasteiger partial charge in [-0.05, 0) is 37.0 Å². The van der Waals surface area contributed by atoms with Crippen molar-refractivity contribution in [1.29, 1.82) is 0 Å². The number of carbonyl (C=O) groups is 1. The van der Waals surface area contributed by atoms with Gasteiger partial charge in [-0.15, -0.1) is 0 Å². The maximum absolute atomic E-state index is 11.8. The Morgan fingerprint density at radius 3 is 2.32 bits per heavy atom. The summed E-state index contributed by atoms with van der Waals surface area (Å²) in [6, 6.07) is 5.48. The van der Waals surface area contributed by atoms with E-state index in [1.807, 2.05) is 6.07 Å². The molecule has 0 aliphatic carbocycles. The maximum Gasteiger partial charge on any atom is 0.339 e. The summed E-state index contributed by atoms with van der Waals surface area (Å²) in [5, 5.41) is 9.71. The van der Waals surface area contributed by atoms with Crippen LogP contribution in [0.4, 0.5) is 0 Å². The van der Waals surface area contributed by atoms with Crippen molar-refractivity contribution in [3.8, 4) is 5.75 Å². The van der Waals surface area contributed by atoms with Gasteiger partial charge >= 0.3 is 5.97 Å². The Balaban J connectivity index is 1.80. The van der Waals surface area contributed by atoms with E-state index in [9.17, 15) is 9.90 Å². The minimum atomic E-state index is -0.981. The predicted molar refractivity (Wildman–Crippen MR) is 132 cm³/mol. The van der Waals surface area contributed by atoms with Crippen molar-refractivity contribution in [2.45, 2.75) is 77.2 Å². The molecule has 0 radical (unpaired) electrons. The average Bonchev–Trinajstić information content (AvgIpc) is 2.86.